The number of aromatic nitrogens is 1. The maximum Gasteiger partial charge on any atom is 0.387 e. The number of alkyl halides is 2. The van der Waals surface area contributed by atoms with Gasteiger partial charge in [-0.05, 0) is 26.3 Å². The van der Waals surface area contributed by atoms with Crippen molar-refractivity contribution in [1.29, 1.82) is 0 Å². The van der Waals surface area contributed by atoms with Gasteiger partial charge in [0.25, 0.3) is 0 Å². The van der Waals surface area contributed by atoms with E-state index in [1.54, 1.807) is 25.2 Å². The van der Waals surface area contributed by atoms with Gasteiger partial charge in [0.2, 0.25) is 0 Å². The van der Waals surface area contributed by atoms with Crippen molar-refractivity contribution in [3.63, 3.8) is 0 Å². The molecule has 0 bridgehead atoms. The minimum atomic E-state index is -2.85. The SMILES string of the molecule is CN=C(NCCc1c(C)noc1C)NCc1ccccc1OC(F)F. The third-order valence-electron chi connectivity index (χ3n) is 3.71. The summed E-state index contributed by atoms with van der Waals surface area (Å²) in [5, 5.41) is 10.2. The third-order valence-corrected chi connectivity index (χ3v) is 3.71. The van der Waals surface area contributed by atoms with Crippen LogP contribution in [-0.4, -0.2) is 31.3 Å². The fourth-order valence-corrected chi connectivity index (χ4v) is 2.43. The van der Waals surface area contributed by atoms with Gasteiger partial charge in [0.15, 0.2) is 5.96 Å². The van der Waals surface area contributed by atoms with E-state index in [9.17, 15) is 8.78 Å². The Bertz CT molecular complexity index is 697. The maximum atomic E-state index is 12.4. The molecule has 0 saturated carbocycles. The molecule has 0 aliphatic rings. The lowest BCUT2D eigenvalue weighted by molar-refractivity contribution is -0.0504. The molecule has 1 heterocycles. The van der Waals surface area contributed by atoms with E-state index in [-0.39, 0.29) is 5.75 Å². The van der Waals surface area contributed by atoms with Crippen molar-refractivity contribution >= 4 is 5.96 Å². The molecule has 0 fully saturated rings. The summed E-state index contributed by atoms with van der Waals surface area (Å²) in [5.74, 6) is 1.52. The minimum Gasteiger partial charge on any atom is -0.434 e. The normalized spacial score (nSPS) is 11.7. The van der Waals surface area contributed by atoms with Gasteiger partial charge < -0.3 is 19.9 Å². The van der Waals surface area contributed by atoms with E-state index in [2.05, 4.69) is 25.5 Å². The number of guanidine groups is 1. The Morgan fingerprint density at radius 1 is 1.28 bits per heavy atom. The number of nitrogens with one attached hydrogen (secondary N) is 2. The third kappa shape index (κ3) is 5.44. The summed E-state index contributed by atoms with van der Waals surface area (Å²) in [6, 6.07) is 6.65. The van der Waals surface area contributed by atoms with Gasteiger partial charge in [-0.3, -0.25) is 4.99 Å². The molecule has 0 aliphatic heterocycles. The van der Waals surface area contributed by atoms with Gasteiger partial charge in [-0.15, -0.1) is 0 Å². The highest BCUT2D eigenvalue weighted by molar-refractivity contribution is 5.79. The largest absolute Gasteiger partial charge is 0.434 e. The van der Waals surface area contributed by atoms with E-state index in [4.69, 9.17) is 4.52 Å². The molecule has 0 saturated heterocycles. The molecule has 2 rings (SSSR count). The number of halogens is 2. The van der Waals surface area contributed by atoms with E-state index in [0.717, 1.165) is 23.4 Å². The summed E-state index contributed by atoms with van der Waals surface area (Å²) < 4.78 is 34.5. The van der Waals surface area contributed by atoms with Crippen LogP contribution in [-0.2, 0) is 13.0 Å². The Balaban J connectivity index is 1.87. The number of aliphatic imine (C=N–C) groups is 1. The van der Waals surface area contributed by atoms with Gasteiger partial charge in [0, 0.05) is 31.3 Å². The van der Waals surface area contributed by atoms with E-state index in [0.29, 0.717) is 24.6 Å². The van der Waals surface area contributed by atoms with Crippen LogP contribution in [0.5, 0.6) is 5.75 Å². The Kier molecular flexibility index (Phi) is 6.73. The number of para-hydroxylation sites is 1. The van der Waals surface area contributed by atoms with Crippen LogP contribution in [0.2, 0.25) is 0 Å². The van der Waals surface area contributed by atoms with Crippen LogP contribution < -0.4 is 15.4 Å². The predicted octanol–water partition coefficient (Wildman–Crippen LogP) is 2.80. The monoisotopic (exact) mass is 352 g/mol. The topological polar surface area (TPSA) is 71.7 Å². The van der Waals surface area contributed by atoms with Gasteiger partial charge in [0.1, 0.15) is 11.5 Å². The second-order valence-electron chi connectivity index (χ2n) is 5.39. The van der Waals surface area contributed by atoms with Gasteiger partial charge in [-0.25, -0.2) is 0 Å². The summed E-state index contributed by atoms with van der Waals surface area (Å²) in [6.45, 7) is 1.88. The van der Waals surface area contributed by atoms with Gasteiger partial charge in [-0.2, -0.15) is 8.78 Å². The Labute approximate surface area is 145 Å². The number of ether oxygens (including phenoxy) is 1. The van der Waals surface area contributed by atoms with Crippen molar-refractivity contribution in [2.45, 2.75) is 33.4 Å². The lowest BCUT2D eigenvalue weighted by Gasteiger charge is -2.14. The summed E-state index contributed by atoms with van der Waals surface area (Å²) in [4.78, 5) is 4.12. The fourth-order valence-electron chi connectivity index (χ4n) is 2.43. The van der Waals surface area contributed by atoms with Crippen LogP contribution in [0.3, 0.4) is 0 Å². The van der Waals surface area contributed by atoms with Crippen LogP contribution in [0, 0.1) is 13.8 Å². The van der Waals surface area contributed by atoms with Crippen molar-refractivity contribution < 1.29 is 18.0 Å². The predicted molar refractivity (Wildman–Crippen MR) is 91.0 cm³/mol. The zero-order chi connectivity index (χ0) is 18.2. The van der Waals surface area contributed by atoms with Crippen molar-refractivity contribution in [2.24, 2.45) is 4.99 Å². The Morgan fingerprint density at radius 2 is 2.04 bits per heavy atom. The average Bonchev–Trinajstić information content (AvgIpc) is 2.90. The van der Waals surface area contributed by atoms with E-state index >= 15 is 0 Å². The summed E-state index contributed by atoms with van der Waals surface area (Å²) in [5.41, 5.74) is 2.57. The molecular weight excluding hydrogens is 330 g/mol. The number of benzene rings is 1. The van der Waals surface area contributed by atoms with Crippen molar-refractivity contribution in [3.8, 4) is 5.75 Å². The lowest BCUT2D eigenvalue weighted by atomic mass is 10.1. The van der Waals surface area contributed by atoms with E-state index in [1.165, 1.54) is 6.07 Å². The summed E-state index contributed by atoms with van der Waals surface area (Å²) in [6.07, 6.45) is 0.743. The molecule has 1 aromatic heterocycles. The highest BCUT2D eigenvalue weighted by Crippen LogP contribution is 2.19. The van der Waals surface area contributed by atoms with Crippen LogP contribution in [0.4, 0.5) is 8.78 Å². The number of nitrogens with zero attached hydrogens (tertiary/aromatic N) is 2. The standard InChI is InChI=1S/C17H22F2N4O2/c1-11-14(12(2)25-23-11)8-9-21-17(20-3)22-10-13-6-4-5-7-15(13)24-16(18)19/h4-7,16H,8-10H2,1-3H3,(H2,20,21,22). The molecular formula is C17H22F2N4O2. The molecule has 0 aliphatic carbocycles. The first kappa shape index (κ1) is 18.7. The molecule has 0 atom stereocenters. The lowest BCUT2D eigenvalue weighted by Crippen LogP contribution is -2.38. The molecule has 1 aromatic carbocycles. The van der Waals surface area contributed by atoms with Crippen LogP contribution >= 0.6 is 0 Å². The number of hydrogen-bond donors (Lipinski definition) is 2. The first-order chi connectivity index (χ1) is 12.0. The van der Waals surface area contributed by atoms with Crippen LogP contribution in [0.1, 0.15) is 22.6 Å². The molecule has 0 spiro atoms. The molecule has 0 radical (unpaired) electrons. The maximum absolute atomic E-state index is 12.4. The van der Waals surface area contributed by atoms with Gasteiger partial charge in [-0.1, -0.05) is 23.4 Å². The molecule has 2 aromatic rings. The summed E-state index contributed by atoms with van der Waals surface area (Å²) in [7, 11) is 1.65. The van der Waals surface area contributed by atoms with Gasteiger partial charge >= 0.3 is 6.61 Å². The number of rotatable bonds is 7. The zero-order valence-electron chi connectivity index (χ0n) is 14.5. The molecule has 2 N–H and O–H groups in total. The zero-order valence-corrected chi connectivity index (χ0v) is 14.5. The molecule has 136 valence electrons. The molecule has 8 heteroatoms. The number of hydrogen-bond acceptors (Lipinski definition) is 4. The van der Waals surface area contributed by atoms with Crippen molar-refractivity contribution in [2.75, 3.05) is 13.6 Å². The summed E-state index contributed by atoms with van der Waals surface area (Å²) >= 11 is 0. The fraction of sp³-hybridized carbons (Fsp3) is 0.412. The highest BCUT2D eigenvalue weighted by Gasteiger charge is 2.10. The quantitative estimate of drug-likeness (QED) is 0.592. The van der Waals surface area contributed by atoms with Crippen LogP contribution in [0.25, 0.3) is 0 Å². The van der Waals surface area contributed by atoms with Crippen molar-refractivity contribution in [1.82, 2.24) is 15.8 Å². The Morgan fingerprint density at radius 3 is 2.68 bits per heavy atom. The number of aryl methyl sites for hydroxylation is 2. The minimum absolute atomic E-state index is 0.149. The first-order valence-electron chi connectivity index (χ1n) is 7.90. The molecule has 0 unspecified atom stereocenters. The smallest absolute Gasteiger partial charge is 0.387 e. The van der Waals surface area contributed by atoms with E-state index in [1.807, 2.05) is 13.8 Å². The van der Waals surface area contributed by atoms with Gasteiger partial charge in [0.05, 0.1) is 5.69 Å². The Hall–Kier alpha value is -2.64. The second kappa shape index (κ2) is 9.00. The van der Waals surface area contributed by atoms with E-state index < -0.39 is 6.61 Å². The average molecular weight is 352 g/mol. The second-order valence-corrected chi connectivity index (χ2v) is 5.39. The van der Waals surface area contributed by atoms with Crippen molar-refractivity contribution in [3.05, 3.63) is 46.8 Å². The van der Waals surface area contributed by atoms with Crippen LogP contribution in [0.15, 0.2) is 33.8 Å². The molecule has 25 heavy (non-hydrogen) atoms. The molecule has 0 amide bonds. The first-order valence-corrected chi connectivity index (χ1v) is 7.90. The highest BCUT2D eigenvalue weighted by atomic mass is 19.3. The molecule has 6 nitrogen and oxygen atoms in total.